The third-order valence-electron chi connectivity index (χ3n) is 3.72. The Morgan fingerprint density at radius 3 is 2.74 bits per heavy atom. The molecule has 0 spiro atoms. The molecule has 124 valence electrons. The SMILES string of the molecule is CC(CC(O)c1ccco1)NC(=O)C(C)Cc1cccc(Cl)c1. The zero-order chi connectivity index (χ0) is 16.8. The maximum Gasteiger partial charge on any atom is 0.223 e. The third kappa shape index (κ3) is 5.41. The molecular formula is C18H22ClNO3. The maximum atomic E-state index is 12.3. The van der Waals surface area contributed by atoms with E-state index >= 15 is 0 Å². The Bertz CT molecular complexity index is 627. The van der Waals surface area contributed by atoms with E-state index in [9.17, 15) is 9.90 Å². The molecule has 0 aliphatic carbocycles. The van der Waals surface area contributed by atoms with Crippen LogP contribution < -0.4 is 5.32 Å². The zero-order valence-corrected chi connectivity index (χ0v) is 14.1. The van der Waals surface area contributed by atoms with Crippen LogP contribution in [0, 0.1) is 5.92 Å². The van der Waals surface area contributed by atoms with Crippen LogP contribution in [-0.4, -0.2) is 17.1 Å². The second-order valence-electron chi connectivity index (χ2n) is 5.91. The van der Waals surface area contributed by atoms with Gasteiger partial charge in [0, 0.05) is 23.4 Å². The van der Waals surface area contributed by atoms with Gasteiger partial charge in [-0.15, -0.1) is 0 Å². The summed E-state index contributed by atoms with van der Waals surface area (Å²) in [5.74, 6) is 0.305. The number of aliphatic hydroxyl groups excluding tert-OH is 1. The zero-order valence-electron chi connectivity index (χ0n) is 13.3. The predicted octanol–water partition coefficient (Wildman–Crippen LogP) is 3.74. The van der Waals surface area contributed by atoms with Crippen molar-refractivity contribution in [1.82, 2.24) is 5.32 Å². The van der Waals surface area contributed by atoms with Gasteiger partial charge in [0.15, 0.2) is 0 Å². The van der Waals surface area contributed by atoms with E-state index in [1.54, 1.807) is 12.1 Å². The van der Waals surface area contributed by atoms with Crippen molar-refractivity contribution in [3.05, 3.63) is 59.0 Å². The monoisotopic (exact) mass is 335 g/mol. The number of benzene rings is 1. The van der Waals surface area contributed by atoms with Crippen LogP contribution in [0.1, 0.15) is 37.7 Å². The van der Waals surface area contributed by atoms with Crippen LogP contribution in [-0.2, 0) is 11.2 Å². The van der Waals surface area contributed by atoms with Gasteiger partial charge in [-0.25, -0.2) is 0 Å². The first-order chi connectivity index (χ1) is 11.0. The first-order valence-electron chi connectivity index (χ1n) is 7.72. The van der Waals surface area contributed by atoms with Gasteiger partial charge in [0.1, 0.15) is 11.9 Å². The molecule has 5 heteroatoms. The fourth-order valence-corrected chi connectivity index (χ4v) is 2.70. The van der Waals surface area contributed by atoms with Crippen molar-refractivity contribution in [1.29, 1.82) is 0 Å². The molecule has 0 bridgehead atoms. The fraction of sp³-hybridized carbons (Fsp3) is 0.389. The lowest BCUT2D eigenvalue weighted by atomic mass is 9.99. The molecule has 1 aromatic carbocycles. The van der Waals surface area contributed by atoms with Gasteiger partial charge in [-0.1, -0.05) is 30.7 Å². The second kappa shape index (κ2) is 8.18. The van der Waals surface area contributed by atoms with Gasteiger partial charge in [0.2, 0.25) is 5.91 Å². The van der Waals surface area contributed by atoms with Crippen LogP contribution in [0.2, 0.25) is 5.02 Å². The fourth-order valence-electron chi connectivity index (χ4n) is 2.49. The predicted molar refractivity (Wildman–Crippen MR) is 90.2 cm³/mol. The number of furan rings is 1. The highest BCUT2D eigenvalue weighted by Crippen LogP contribution is 2.19. The molecule has 0 fully saturated rings. The van der Waals surface area contributed by atoms with Gasteiger partial charge in [-0.2, -0.15) is 0 Å². The molecule has 0 aliphatic heterocycles. The van der Waals surface area contributed by atoms with E-state index in [0.717, 1.165) is 5.56 Å². The minimum atomic E-state index is -0.719. The van der Waals surface area contributed by atoms with Crippen LogP contribution in [0.4, 0.5) is 0 Å². The summed E-state index contributed by atoms with van der Waals surface area (Å²) in [5, 5.41) is 13.6. The van der Waals surface area contributed by atoms with Crippen molar-refractivity contribution >= 4 is 17.5 Å². The average molecular weight is 336 g/mol. The number of carbonyl (C=O) groups is 1. The molecule has 1 amide bonds. The number of amides is 1. The smallest absolute Gasteiger partial charge is 0.223 e. The summed E-state index contributed by atoms with van der Waals surface area (Å²) in [5.41, 5.74) is 1.03. The quantitative estimate of drug-likeness (QED) is 0.810. The van der Waals surface area contributed by atoms with Crippen LogP contribution in [0.5, 0.6) is 0 Å². The lowest BCUT2D eigenvalue weighted by molar-refractivity contribution is -0.125. The number of rotatable bonds is 7. The minimum absolute atomic E-state index is 0.0379. The Balaban J connectivity index is 1.83. The van der Waals surface area contributed by atoms with Crippen molar-refractivity contribution in [2.24, 2.45) is 5.92 Å². The van der Waals surface area contributed by atoms with Crippen LogP contribution in [0.3, 0.4) is 0 Å². The Morgan fingerprint density at radius 2 is 2.09 bits per heavy atom. The molecule has 0 aliphatic rings. The molecule has 3 unspecified atom stereocenters. The lowest BCUT2D eigenvalue weighted by Gasteiger charge is -2.19. The van der Waals surface area contributed by atoms with E-state index in [4.69, 9.17) is 16.0 Å². The van der Waals surface area contributed by atoms with Gasteiger partial charge < -0.3 is 14.8 Å². The van der Waals surface area contributed by atoms with Crippen molar-refractivity contribution in [2.45, 2.75) is 38.8 Å². The first kappa shape index (κ1) is 17.6. The number of halogens is 1. The molecule has 3 atom stereocenters. The first-order valence-corrected chi connectivity index (χ1v) is 8.09. The topological polar surface area (TPSA) is 62.5 Å². The molecule has 2 aromatic rings. The van der Waals surface area contributed by atoms with Gasteiger partial charge in [0.05, 0.1) is 6.26 Å². The van der Waals surface area contributed by atoms with E-state index in [1.807, 2.05) is 38.1 Å². The summed E-state index contributed by atoms with van der Waals surface area (Å²) in [6.45, 7) is 3.75. The minimum Gasteiger partial charge on any atom is -0.467 e. The van der Waals surface area contributed by atoms with Gasteiger partial charge >= 0.3 is 0 Å². The van der Waals surface area contributed by atoms with Gasteiger partial charge in [-0.05, 0) is 43.2 Å². The molecule has 1 aromatic heterocycles. The van der Waals surface area contributed by atoms with Gasteiger partial charge in [0.25, 0.3) is 0 Å². The highest BCUT2D eigenvalue weighted by atomic mass is 35.5. The van der Waals surface area contributed by atoms with E-state index in [0.29, 0.717) is 23.6 Å². The van der Waals surface area contributed by atoms with E-state index in [-0.39, 0.29) is 17.9 Å². The molecule has 1 heterocycles. The molecule has 23 heavy (non-hydrogen) atoms. The van der Waals surface area contributed by atoms with E-state index in [2.05, 4.69) is 5.32 Å². The Morgan fingerprint density at radius 1 is 1.30 bits per heavy atom. The van der Waals surface area contributed by atoms with Crippen LogP contribution >= 0.6 is 11.6 Å². The Hall–Kier alpha value is -1.78. The van der Waals surface area contributed by atoms with E-state index < -0.39 is 6.10 Å². The molecule has 4 nitrogen and oxygen atoms in total. The molecular weight excluding hydrogens is 314 g/mol. The Kier molecular flexibility index (Phi) is 6.25. The van der Waals surface area contributed by atoms with E-state index in [1.165, 1.54) is 6.26 Å². The molecule has 2 N–H and O–H groups in total. The normalized spacial score (nSPS) is 15.0. The van der Waals surface area contributed by atoms with Crippen LogP contribution in [0.25, 0.3) is 0 Å². The summed E-state index contributed by atoms with van der Waals surface area (Å²) >= 11 is 5.96. The largest absolute Gasteiger partial charge is 0.467 e. The average Bonchev–Trinajstić information content (AvgIpc) is 3.01. The standard InChI is InChI=1S/C18H22ClNO3/c1-12(9-14-5-3-6-15(19)11-14)18(22)20-13(2)10-16(21)17-7-4-8-23-17/h3-8,11-13,16,21H,9-10H2,1-2H3,(H,20,22). The summed E-state index contributed by atoms with van der Waals surface area (Å²) in [4.78, 5) is 12.3. The molecule has 2 rings (SSSR count). The number of hydrogen-bond donors (Lipinski definition) is 2. The van der Waals surface area contributed by atoms with Crippen molar-refractivity contribution in [3.8, 4) is 0 Å². The molecule has 0 saturated heterocycles. The maximum absolute atomic E-state index is 12.3. The number of carbonyl (C=O) groups excluding carboxylic acids is 1. The summed E-state index contributed by atoms with van der Waals surface area (Å²) in [6.07, 6.45) is 1.83. The number of aliphatic hydroxyl groups is 1. The Labute approximate surface area is 141 Å². The highest BCUT2D eigenvalue weighted by molar-refractivity contribution is 6.30. The van der Waals surface area contributed by atoms with Gasteiger partial charge in [-0.3, -0.25) is 4.79 Å². The molecule has 0 radical (unpaired) electrons. The van der Waals surface area contributed by atoms with Crippen molar-refractivity contribution in [3.63, 3.8) is 0 Å². The summed E-state index contributed by atoms with van der Waals surface area (Å²) < 4.78 is 5.16. The summed E-state index contributed by atoms with van der Waals surface area (Å²) in [6, 6.07) is 10.8. The van der Waals surface area contributed by atoms with Crippen molar-refractivity contribution in [2.75, 3.05) is 0 Å². The lowest BCUT2D eigenvalue weighted by Crippen LogP contribution is -2.37. The van der Waals surface area contributed by atoms with Crippen molar-refractivity contribution < 1.29 is 14.3 Å². The summed E-state index contributed by atoms with van der Waals surface area (Å²) in [7, 11) is 0. The van der Waals surface area contributed by atoms with Crippen LogP contribution in [0.15, 0.2) is 47.1 Å². The second-order valence-corrected chi connectivity index (χ2v) is 6.35. The number of nitrogens with one attached hydrogen (secondary N) is 1. The third-order valence-corrected chi connectivity index (χ3v) is 3.95. The highest BCUT2D eigenvalue weighted by Gasteiger charge is 2.19. The number of hydrogen-bond acceptors (Lipinski definition) is 3. The molecule has 0 saturated carbocycles.